The van der Waals surface area contributed by atoms with Crippen LogP contribution in [-0.4, -0.2) is 22.8 Å². The molecule has 2 rings (SSSR count). The van der Waals surface area contributed by atoms with Gasteiger partial charge in [0, 0.05) is 23.7 Å². The van der Waals surface area contributed by atoms with E-state index in [9.17, 15) is 9.59 Å². The quantitative estimate of drug-likeness (QED) is 0.780. The Hall–Kier alpha value is -1.000. The number of halogens is 2. The number of ether oxygens (including phenoxy) is 1. The van der Waals surface area contributed by atoms with E-state index in [0.717, 1.165) is 0 Å². The van der Waals surface area contributed by atoms with Crippen LogP contribution in [-0.2, 0) is 12.8 Å². The Morgan fingerprint density at radius 2 is 1.94 bits per heavy atom. The Kier molecular flexibility index (Phi) is 3.45. The van der Waals surface area contributed by atoms with Gasteiger partial charge in [-0.25, -0.2) is 0 Å². The molecule has 0 fully saturated rings. The molecule has 0 amide bonds. The number of H-pyrrole nitrogens is 1. The second-order valence-electron chi connectivity index (χ2n) is 3.93. The summed E-state index contributed by atoms with van der Waals surface area (Å²) in [5, 5.41) is -0.582. The zero-order valence-corrected chi connectivity index (χ0v) is 10.6. The molecule has 17 heavy (non-hydrogen) atoms. The van der Waals surface area contributed by atoms with Crippen molar-refractivity contribution in [2.45, 2.75) is 23.6 Å². The molecule has 1 aliphatic carbocycles. The highest BCUT2D eigenvalue weighted by molar-refractivity contribution is 6.30. The van der Waals surface area contributed by atoms with Gasteiger partial charge in [0.1, 0.15) is 0 Å². The Morgan fingerprint density at radius 3 is 2.59 bits per heavy atom. The summed E-state index contributed by atoms with van der Waals surface area (Å²) in [7, 11) is 1.34. The number of rotatable bonds is 1. The highest BCUT2D eigenvalue weighted by Crippen LogP contribution is 2.24. The molecule has 0 bridgehead atoms. The summed E-state index contributed by atoms with van der Waals surface area (Å²) in [5.74, 6) is 0.00152. The van der Waals surface area contributed by atoms with Crippen LogP contribution in [0.1, 0.15) is 11.3 Å². The van der Waals surface area contributed by atoms with Crippen molar-refractivity contribution < 1.29 is 4.74 Å². The normalized spacial score (nSPS) is 23.0. The van der Waals surface area contributed by atoms with Crippen molar-refractivity contribution in [1.29, 1.82) is 0 Å². The minimum atomic E-state index is -0.428. The first kappa shape index (κ1) is 12.5. The average molecular weight is 276 g/mol. The predicted molar refractivity (Wildman–Crippen MR) is 66.6 cm³/mol. The minimum Gasteiger partial charge on any atom is -0.491 e. The van der Waals surface area contributed by atoms with Gasteiger partial charge >= 0.3 is 0 Å². The van der Waals surface area contributed by atoms with Crippen LogP contribution in [0.25, 0.3) is 0 Å². The van der Waals surface area contributed by atoms with E-state index in [1.807, 2.05) is 0 Å². The topological polar surface area (TPSA) is 59.2 Å². The number of nitrogens with one attached hydrogen (secondary N) is 1. The number of fused-ring (bicyclic) bond motifs is 1. The first-order valence-electron chi connectivity index (χ1n) is 5.14. The number of aromatic amines is 1. The van der Waals surface area contributed by atoms with Crippen molar-refractivity contribution in [3.8, 4) is 5.75 Å². The summed E-state index contributed by atoms with van der Waals surface area (Å²) >= 11 is 12.1. The monoisotopic (exact) mass is 275 g/mol. The molecule has 1 heterocycles. The largest absolute Gasteiger partial charge is 0.491 e. The van der Waals surface area contributed by atoms with E-state index in [2.05, 4.69) is 4.98 Å². The van der Waals surface area contributed by atoms with Crippen molar-refractivity contribution in [2.75, 3.05) is 7.11 Å². The van der Waals surface area contributed by atoms with Gasteiger partial charge in [-0.3, -0.25) is 9.59 Å². The molecule has 2 atom stereocenters. The lowest BCUT2D eigenvalue weighted by molar-refractivity contribution is 0.409. The molecular weight excluding hydrogens is 265 g/mol. The molecule has 6 heteroatoms. The van der Waals surface area contributed by atoms with Gasteiger partial charge in [-0.1, -0.05) is 0 Å². The van der Waals surface area contributed by atoms with Crippen LogP contribution in [0, 0.1) is 0 Å². The molecule has 0 saturated carbocycles. The number of aromatic nitrogens is 1. The van der Waals surface area contributed by atoms with Crippen LogP contribution in [0.2, 0.25) is 0 Å². The summed E-state index contributed by atoms with van der Waals surface area (Å²) < 4.78 is 4.85. The van der Waals surface area contributed by atoms with Crippen molar-refractivity contribution >= 4 is 23.2 Å². The summed E-state index contributed by atoms with van der Waals surface area (Å²) in [6.07, 6.45) is 0.741. The number of hydrogen-bond donors (Lipinski definition) is 1. The molecule has 0 radical (unpaired) electrons. The van der Waals surface area contributed by atoms with Crippen molar-refractivity contribution in [3.05, 3.63) is 37.9 Å². The third-order valence-corrected chi connectivity index (χ3v) is 3.87. The molecule has 0 aromatic carbocycles. The average Bonchev–Trinajstić information content (AvgIpc) is 2.39. The number of methoxy groups -OCH3 is 1. The summed E-state index contributed by atoms with van der Waals surface area (Å²) in [5.41, 5.74) is 0.398. The highest BCUT2D eigenvalue weighted by atomic mass is 35.5. The first-order valence-corrected chi connectivity index (χ1v) is 6.01. The molecule has 92 valence electrons. The van der Waals surface area contributed by atoms with Crippen LogP contribution in [0.15, 0.2) is 15.7 Å². The van der Waals surface area contributed by atoms with Gasteiger partial charge < -0.3 is 9.72 Å². The smallest absolute Gasteiger partial charge is 0.290 e. The van der Waals surface area contributed by atoms with Gasteiger partial charge in [0.2, 0.25) is 0 Å². The second-order valence-corrected chi connectivity index (χ2v) is 5.05. The van der Waals surface area contributed by atoms with Gasteiger partial charge in [0.15, 0.2) is 11.2 Å². The van der Waals surface area contributed by atoms with E-state index in [1.165, 1.54) is 13.2 Å². The maximum absolute atomic E-state index is 11.9. The van der Waals surface area contributed by atoms with E-state index in [0.29, 0.717) is 24.1 Å². The van der Waals surface area contributed by atoms with Gasteiger partial charge in [-0.15, -0.1) is 23.2 Å². The zero-order valence-electron chi connectivity index (χ0n) is 9.13. The maximum Gasteiger partial charge on any atom is 0.290 e. The molecule has 0 aliphatic heterocycles. The Labute approximate surface area is 108 Å². The van der Waals surface area contributed by atoms with Crippen LogP contribution in [0.5, 0.6) is 5.75 Å². The molecule has 1 aromatic rings. The van der Waals surface area contributed by atoms with Crippen LogP contribution in [0.4, 0.5) is 0 Å². The lowest BCUT2D eigenvalue weighted by atomic mass is 9.96. The molecular formula is C11H11Cl2NO3. The van der Waals surface area contributed by atoms with Crippen LogP contribution < -0.4 is 15.7 Å². The Balaban J connectivity index is 2.68. The van der Waals surface area contributed by atoms with Crippen molar-refractivity contribution in [3.63, 3.8) is 0 Å². The minimum absolute atomic E-state index is 0.00152. The SMILES string of the molecule is COc1cc(=O)c2c([nH]c1=O)C[C@H](Cl)[C@@H](Cl)C2. The molecule has 1 aromatic heterocycles. The predicted octanol–water partition coefficient (Wildman–Crippen LogP) is 1.06. The lowest BCUT2D eigenvalue weighted by Crippen LogP contribution is -2.30. The van der Waals surface area contributed by atoms with E-state index in [4.69, 9.17) is 27.9 Å². The van der Waals surface area contributed by atoms with E-state index >= 15 is 0 Å². The standard InChI is InChI=1S/C11H11Cl2NO3/c1-17-10-4-9(15)5-2-6(12)7(13)3-8(5)14-11(10)16/h4,6-7H,2-3H2,1H3,(H,14,16)/t6-,7-/m0/s1. The Morgan fingerprint density at radius 1 is 1.29 bits per heavy atom. The zero-order chi connectivity index (χ0) is 12.6. The van der Waals surface area contributed by atoms with Crippen molar-refractivity contribution in [2.24, 2.45) is 0 Å². The molecule has 0 spiro atoms. The molecule has 0 saturated heterocycles. The number of alkyl halides is 2. The third-order valence-electron chi connectivity index (χ3n) is 2.82. The van der Waals surface area contributed by atoms with Crippen LogP contribution in [0.3, 0.4) is 0 Å². The highest BCUT2D eigenvalue weighted by Gasteiger charge is 2.27. The second kappa shape index (κ2) is 4.70. The molecule has 0 unspecified atom stereocenters. The van der Waals surface area contributed by atoms with Gasteiger partial charge in [0.05, 0.1) is 17.9 Å². The summed E-state index contributed by atoms with van der Waals surface area (Å²) in [4.78, 5) is 26.2. The summed E-state index contributed by atoms with van der Waals surface area (Å²) in [6, 6.07) is 1.19. The third kappa shape index (κ3) is 2.33. The Bertz CT molecular complexity index is 555. The molecule has 1 N–H and O–H groups in total. The molecule has 4 nitrogen and oxygen atoms in total. The lowest BCUT2D eigenvalue weighted by Gasteiger charge is -2.22. The fourth-order valence-electron chi connectivity index (χ4n) is 1.89. The fourth-order valence-corrected chi connectivity index (χ4v) is 2.38. The first-order chi connectivity index (χ1) is 8.02. The molecule has 1 aliphatic rings. The van der Waals surface area contributed by atoms with Gasteiger partial charge in [0.25, 0.3) is 5.56 Å². The van der Waals surface area contributed by atoms with Gasteiger partial charge in [-0.2, -0.15) is 0 Å². The van der Waals surface area contributed by atoms with E-state index in [1.54, 1.807) is 0 Å². The van der Waals surface area contributed by atoms with Crippen LogP contribution >= 0.6 is 23.2 Å². The van der Waals surface area contributed by atoms with Crippen molar-refractivity contribution in [1.82, 2.24) is 4.98 Å². The van der Waals surface area contributed by atoms with E-state index in [-0.39, 0.29) is 21.9 Å². The number of hydrogen-bond acceptors (Lipinski definition) is 3. The summed E-state index contributed by atoms with van der Waals surface area (Å²) in [6.45, 7) is 0. The maximum atomic E-state index is 11.9. The van der Waals surface area contributed by atoms with E-state index < -0.39 is 5.56 Å². The fraction of sp³-hybridized carbons (Fsp3) is 0.455. The van der Waals surface area contributed by atoms with Gasteiger partial charge in [-0.05, 0) is 6.42 Å².